The first-order valence-electron chi connectivity index (χ1n) is 8.85. The van der Waals surface area contributed by atoms with Crippen molar-refractivity contribution in [2.45, 2.75) is 13.1 Å². The lowest BCUT2D eigenvalue weighted by Gasteiger charge is -2.10. The number of non-ortho nitro benzene ring substituents is 1. The van der Waals surface area contributed by atoms with E-state index in [-0.39, 0.29) is 5.13 Å². The molecule has 4 aromatic rings. The molecule has 0 spiro atoms. The van der Waals surface area contributed by atoms with E-state index < -0.39 is 50.8 Å². The van der Waals surface area contributed by atoms with Crippen molar-refractivity contribution in [1.82, 2.24) is 14.8 Å². The second-order valence-electron chi connectivity index (χ2n) is 6.57. The largest absolute Gasteiger partial charge is 0.871 e. The zero-order valence-electron chi connectivity index (χ0n) is 16.0. The molecule has 2 aromatic heterocycles. The predicted octanol–water partition coefficient (Wildman–Crippen LogP) is 3.92. The van der Waals surface area contributed by atoms with Crippen molar-refractivity contribution in [2.75, 3.05) is 0 Å². The van der Waals surface area contributed by atoms with Crippen molar-refractivity contribution in [3.05, 3.63) is 74.2 Å². The summed E-state index contributed by atoms with van der Waals surface area (Å²) in [4.78, 5) is 31.1. The van der Waals surface area contributed by atoms with Crippen LogP contribution in [0.15, 0.2) is 52.3 Å². The maximum Gasteiger partial charge on any atom is 0.433 e. The summed E-state index contributed by atoms with van der Waals surface area (Å²) in [7, 11) is 0. The fourth-order valence-corrected chi connectivity index (χ4v) is 3.94. The Morgan fingerprint density at radius 1 is 1.25 bits per heavy atom. The molecule has 4 rings (SSSR count). The van der Waals surface area contributed by atoms with Crippen LogP contribution in [-0.4, -0.2) is 25.4 Å². The third-order valence-corrected chi connectivity index (χ3v) is 5.47. The summed E-state index contributed by atoms with van der Waals surface area (Å²) in [5.41, 5.74) is -4.12. The lowest BCUT2D eigenvalue weighted by Crippen LogP contribution is -2.20. The standard InChI is InChI=1S/C19H12F3N5O4S/c1-9(23-12-8-10(27(30)31)6-7-13(12)28)15-16(19(20,21)22)25-26(17(15)29)18-24-11-4-2-3-5-14(11)32-18/h2-8,25,28H,1H3/p-1. The van der Waals surface area contributed by atoms with Crippen molar-refractivity contribution in [3.63, 3.8) is 0 Å². The van der Waals surface area contributed by atoms with Crippen LogP contribution in [0.3, 0.4) is 0 Å². The Morgan fingerprint density at radius 3 is 2.62 bits per heavy atom. The number of halogens is 3. The SMILES string of the molecule is CC(=Nc1cc([N+](=O)[O-])ccc1[O-])c1c(C(F)(F)F)[nH]n(-c2nc3ccccc3s2)c1=O. The van der Waals surface area contributed by atoms with Gasteiger partial charge in [0, 0.05) is 12.1 Å². The van der Waals surface area contributed by atoms with E-state index in [0.29, 0.717) is 14.9 Å². The third kappa shape index (κ3) is 3.73. The van der Waals surface area contributed by atoms with Crippen LogP contribution in [0.4, 0.5) is 24.5 Å². The zero-order chi connectivity index (χ0) is 23.2. The fourth-order valence-electron chi connectivity index (χ4n) is 3.01. The first-order valence-corrected chi connectivity index (χ1v) is 9.67. The molecule has 0 radical (unpaired) electrons. The van der Waals surface area contributed by atoms with Crippen molar-refractivity contribution in [1.29, 1.82) is 0 Å². The monoisotopic (exact) mass is 462 g/mol. The van der Waals surface area contributed by atoms with Gasteiger partial charge in [-0.25, -0.2) is 4.98 Å². The number of nitro benzene ring substituents is 1. The first-order chi connectivity index (χ1) is 15.1. The number of thiazole rings is 1. The molecule has 164 valence electrons. The number of alkyl halides is 3. The Hall–Kier alpha value is -4.00. The van der Waals surface area contributed by atoms with Crippen LogP contribution in [0.25, 0.3) is 15.3 Å². The average molecular weight is 462 g/mol. The van der Waals surface area contributed by atoms with Gasteiger partial charge in [0.15, 0.2) is 5.69 Å². The van der Waals surface area contributed by atoms with Crippen LogP contribution < -0.4 is 10.7 Å². The summed E-state index contributed by atoms with van der Waals surface area (Å²) in [5.74, 6) is -0.745. The van der Waals surface area contributed by atoms with Crippen molar-refractivity contribution < 1.29 is 23.2 Å². The molecule has 0 aliphatic rings. The van der Waals surface area contributed by atoms with Crippen molar-refractivity contribution in [2.24, 2.45) is 4.99 Å². The van der Waals surface area contributed by atoms with Crippen LogP contribution in [0.5, 0.6) is 5.75 Å². The van der Waals surface area contributed by atoms with Gasteiger partial charge in [0.1, 0.15) is 0 Å². The molecule has 0 saturated carbocycles. The van der Waals surface area contributed by atoms with E-state index in [0.717, 1.165) is 36.5 Å². The van der Waals surface area contributed by atoms with Crippen LogP contribution in [-0.2, 0) is 6.18 Å². The Kier molecular flexibility index (Phi) is 5.05. The highest BCUT2D eigenvalue weighted by molar-refractivity contribution is 7.20. The number of nitrogens with one attached hydrogen (secondary N) is 1. The predicted molar refractivity (Wildman–Crippen MR) is 109 cm³/mol. The maximum absolute atomic E-state index is 13.7. The van der Waals surface area contributed by atoms with E-state index in [9.17, 15) is 33.2 Å². The highest BCUT2D eigenvalue weighted by Crippen LogP contribution is 2.33. The topological polar surface area (TPSA) is 129 Å². The van der Waals surface area contributed by atoms with Gasteiger partial charge in [-0.15, -0.1) is 0 Å². The summed E-state index contributed by atoms with van der Waals surface area (Å²) in [5, 5.41) is 25.0. The molecule has 32 heavy (non-hydrogen) atoms. The van der Waals surface area contributed by atoms with Gasteiger partial charge in [0.2, 0.25) is 5.13 Å². The van der Waals surface area contributed by atoms with E-state index in [2.05, 4.69) is 9.98 Å². The van der Waals surface area contributed by atoms with Gasteiger partial charge < -0.3 is 5.11 Å². The van der Waals surface area contributed by atoms with Gasteiger partial charge in [0.25, 0.3) is 11.2 Å². The zero-order valence-corrected chi connectivity index (χ0v) is 16.8. The molecule has 0 aliphatic heterocycles. The number of H-pyrrole nitrogens is 1. The van der Waals surface area contributed by atoms with E-state index >= 15 is 0 Å². The molecule has 9 nitrogen and oxygen atoms in total. The van der Waals surface area contributed by atoms with Gasteiger partial charge in [-0.3, -0.25) is 25.0 Å². The minimum atomic E-state index is -4.95. The molecular formula is C19H11F3N5O4S-. The fraction of sp³-hybridized carbons (Fsp3) is 0.105. The Labute approximate surface area is 180 Å². The number of fused-ring (bicyclic) bond motifs is 1. The number of nitrogens with zero attached hydrogens (tertiary/aromatic N) is 4. The third-order valence-electron chi connectivity index (χ3n) is 4.45. The van der Waals surface area contributed by atoms with E-state index in [1.807, 2.05) is 5.10 Å². The summed E-state index contributed by atoms with van der Waals surface area (Å²) >= 11 is 1.01. The summed E-state index contributed by atoms with van der Waals surface area (Å²) < 4.78 is 42.4. The molecule has 2 heterocycles. The number of aliphatic imine (C=N–C) groups is 1. The number of aromatic nitrogens is 3. The lowest BCUT2D eigenvalue weighted by molar-refractivity contribution is -0.385. The van der Waals surface area contributed by atoms with Crippen LogP contribution in [0, 0.1) is 10.1 Å². The normalized spacial score (nSPS) is 12.4. The Balaban J connectivity index is 1.90. The molecule has 0 saturated heterocycles. The smallest absolute Gasteiger partial charge is 0.433 e. The first kappa shape index (κ1) is 21.2. The average Bonchev–Trinajstić information content (AvgIpc) is 3.30. The summed E-state index contributed by atoms with van der Waals surface area (Å²) in [6.45, 7) is 1.11. The molecule has 0 fully saturated rings. The van der Waals surface area contributed by atoms with Gasteiger partial charge in [-0.1, -0.05) is 35.3 Å². The number of hydrogen-bond acceptors (Lipinski definition) is 7. The second kappa shape index (κ2) is 7.60. The van der Waals surface area contributed by atoms with Gasteiger partial charge in [-0.05, 0) is 19.1 Å². The van der Waals surface area contributed by atoms with Crippen molar-refractivity contribution in [3.8, 4) is 10.9 Å². The maximum atomic E-state index is 13.7. The van der Waals surface area contributed by atoms with E-state index in [4.69, 9.17) is 0 Å². The molecule has 0 bridgehead atoms. The summed E-state index contributed by atoms with van der Waals surface area (Å²) in [6.07, 6.45) is -4.95. The molecule has 1 N–H and O–H groups in total. The second-order valence-corrected chi connectivity index (χ2v) is 7.58. The molecular weight excluding hydrogens is 451 g/mol. The molecule has 2 aromatic carbocycles. The van der Waals surface area contributed by atoms with Gasteiger partial charge >= 0.3 is 6.18 Å². The highest BCUT2D eigenvalue weighted by atomic mass is 32.1. The number of aromatic amines is 1. The molecule has 0 aliphatic carbocycles. The molecule has 0 atom stereocenters. The quantitative estimate of drug-likeness (QED) is 0.279. The molecule has 0 amide bonds. The number of rotatable bonds is 4. The number of hydrogen-bond donors (Lipinski definition) is 1. The van der Waals surface area contributed by atoms with E-state index in [1.165, 1.54) is 0 Å². The van der Waals surface area contributed by atoms with Crippen LogP contribution >= 0.6 is 11.3 Å². The lowest BCUT2D eigenvalue weighted by atomic mass is 10.1. The highest BCUT2D eigenvalue weighted by Gasteiger charge is 2.39. The van der Waals surface area contributed by atoms with Crippen LogP contribution in [0.1, 0.15) is 18.2 Å². The molecule has 0 unspecified atom stereocenters. The summed E-state index contributed by atoms with van der Waals surface area (Å²) in [6, 6.07) is 9.45. The van der Waals surface area contributed by atoms with Crippen LogP contribution in [0.2, 0.25) is 0 Å². The number of nitro groups is 1. The Bertz CT molecular complexity index is 1420. The number of benzene rings is 2. The number of para-hydroxylation sites is 1. The molecule has 13 heteroatoms. The van der Waals surface area contributed by atoms with Crippen molar-refractivity contribution >= 4 is 38.6 Å². The van der Waals surface area contributed by atoms with Gasteiger partial charge in [-0.2, -0.15) is 17.9 Å². The Morgan fingerprint density at radius 2 is 1.97 bits per heavy atom. The van der Waals surface area contributed by atoms with Gasteiger partial charge in [0.05, 0.1) is 32.1 Å². The minimum Gasteiger partial charge on any atom is -0.871 e. The van der Waals surface area contributed by atoms with E-state index in [1.54, 1.807) is 24.3 Å². The minimum absolute atomic E-state index is 0.0133.